The van der Waals surface area contributed by atoms with Gasteiger partial charge < -0.3 is 4.90 Å². The lowest BCUT2D eigenvalue weighted by Crippen LogP contribution is -2.29. The summed E-state index contributed by atoms with van der Waals surface area (Å²) in [7, 11) is 0. The first-order valence-electron chi connectivity index (χ1n) is 3.92. The van der Waals surface area contributed by atoms with Crippen LogP contribution in [0.25, 0.3) is 0 Å². The van der Waals surface area contributed by atoms with Crippen molar-refractivity contribution in [2.24, 2.45) is 0 Å². The number of likely N-dealkylation sites (N-methyl/N-ethyl adjacent to an activating group) is 1. The monoisotopic (exact) mass is 185 g/mol. The minimum Gasteiger partial charge on any atom is -0.302 e. The molecule has 0 bridgehead atoms. The van der Waals surface area contributed by atoms with Crippen molar-refractivity contribution >= 4 is 0 Å². The minimum atomic E-state index is -4.49. The Hall–Kier alpha value is -0.290. The number of rotatable bonds is 5. The van der Waals surface area contributed by atoms with Crippen molar-refractivity contribution in [2.45, 2.75) is 20.2 Å². The second kappa shape index (κ2) is 5.37. The van der Waals surface area contributed by atoms with Crippen LogP contribution in [0.1, 0.15) is 13.8 Å². The van der Waals surface area contributed by atoms with Crippen molar-refractivity contribution in [1.29, 1.82) is 0 Å². The molecule has 0 aliphatic carbocycles. The molecule has 0 N–H and O–H groups in total. The van der Waals surface area contributed by atoms with E-state index in [9.17, 15) is 13.2 Å². The molecule has 0 aromatic rings. The highest BCUT2D eigenvalue weighted by molar-refractivity contribution is 4.50. The quantitative estimate of drug-likeness (QED) is 0.648. The summed E-state index contributed by atoms with van der Waals surface area (Å²) in [4.78, 5) is 1.87. The number of hydrogen-bond acceptors (Lipinski definition) is 2. The molecule has 12 heavy (non-hydrogen) atoms. The van der Waals surface area contributed by atoms with Crippen LogP contribution in [0.4, 0.5) is 13.2 Å². The summed E-state index contributed by atoms with van der Waals surface area (Å²) in [5.74, 6) is 0. The van der Waals surface area contributed by atoms with E-state index in [0.29, 0.717) is 6.54 Å². The third-order valence-corrected chi connectivity index (χ3v) is 1.57. The Labute approximate surface area is 70.3 Å². The zero-order chi connectivity index (χ0) is 9.61. The predicted octanol–water partition coefficient (Wildman–Crippen LogP) is 1.86. The Balaban J connectivity index is 3.41. The molecule has 0 unspecified atom stereocenters. The summed E-state index contributed by atoms with van der Waals surface area (Å²) >= 11 is 0. The summed E-state index contributed by atoms with van der Waals surface area (Å²) in [6.07, 6.45) is -4.49. The molecule has 0 radical (unpaired) electrons. The minimum absolute atomic E-state index is 0.287. The van der Waals surface area contributed by atoms with Gasteiger partial charge in [0.1, 0.15) is 0 Å². The summed E-state index contributed by atoms with van der Waals surface area (Å²) < 4.78 is 38.0. The largest absolute Gasteiger partial charge is 0.522 e. The van der Waals surface area contributed by atoms with Gasteiger partial charge in [-0.3, -0.25) is 4.74 Å². The van der Waals surface area contributed by atoms with E-state index >= 15 is 0 Å². The first-order valence-corrected chi connectivity index (χ1v) is 3.92. The van der Waals surface area contributed by atoms with Crippen LogP contribution in [-0.4, -0.2) is 37.5 Å². The average molecular weight is 185 g/mol. The Morgan fingerprint density at radius 3 is 2.00 bits per heavy atom. The van der Waals surface area contributed by atoms with Crippen LogP contribution in [-0.2, 0) is 4.74 Å². The van der Waals surface area contributed by atoms with Gasteiger partial charge in [-0.25, -0.2) is 0 Å². The van der Waals surface area contributed by atoms with E-state index in [-0.39, 0.29) is 6.61 Å². The van der Waals surface area contributed by atoms with Crippen molar-refractivity contribution in [3.63, 3.8) is 0 Å². The molecule has 0 rings (SSSR count). The Morgan fingerprint density at radius 2 is 1.67 bits per heavy atom. The van der Waals surface area contributed by atoms with Crippen LogP contribution in [0.3, 0.4) is 0 Å². The summed E-state index contributed by atoms with van der Waals surface area (Å²) in [6.45, 7) is 5.33. The van der Waals surface area contributed by atoms with Gasteiger partial charge in [0, 0.05) is 6.54 Å². The van der Waals surface area contributed by atoms with Crippen LogP contribution < -0.4 is 0 Å². The van der Waals surface area contributed by atoms with E-state index in [4.69, 9.17) is 0 Å². The van der Waals surface area contributed by atoms with Crippen molar-refractivity contribution in [2.75, 3.05) is 26.2 Å². The number of ether oxygens (including phenoxy) is 1. The SMILES string of the molecule is CCN(CC)CCOC(F)(F)F. The second-order valence-corrected chi connectivity index (χ2v) is 2.32. The molecule has 0 spiro atoms. The molecule has 0 aromatic heterocycles. The standard InChI is InChI=1S/C7H14F3NO/c1-3-11(4-2)5-6-12-7(8,9)10/h3-6H2,1-2H3. The molecule has 0 amide bonds. The maximum Gasteiger partial charge on any atom is 0.522 e. The smallest absolute Gasteiger partial charge is 0.302 e. The Bertz CT molecular complexity index is 112. The normalized spacial score (nSPS) is 12.5. The lowest BCUT2D eigenvalue weighted by Gasteiger charge is -2.17. The molecule has 0 heterocycles. The predicted molar refractivity (Wildman–Crippen MR) is 39.8 cm³/mol. The number of alkyl halides is 3. The molecule has 0 fully saturated rings. The van der Waals surface area contributed by atoms with Crippen molar-refractivity contribution in [3.05, 3.63) is 0 Å². The van der Waals surface area contributed by atoms with E-state index < -0.39 is 6.36 Å². The lowest BCUT2D eigenvalue weighted by atomic mass is 10.5. The van der Waals surface area contributed by atoms with Crippen LogP contribution in [0.2, 0.25) is 0 Å². The lowest BCUT2D eigenvalue weighted by molar-refractivity contribution is -0.325. The van der Waals surface area contributed by atoms with Gasteiger partial charge in [-0.15, -0.1) is 13.2 Å². The molecule has 0 aromatic carbocycles. The highest BCUT2D eigenvalue weighted by Crippen LogP contribution is 2.15. The Morgan fingerprint density at radius 1 is 1.17 bits per heavy atom. The molecule has 2 nitrogen and oxygen atoms in total. The van der Waals surface area contributed by atoms with E-state index in [1.807, 2.05) is 18.7 Å². The number of nitrogens with zero attached hydrogens (tertiary/aromatic N) is 1. The molecular formula is C7H14F3NO. The molecule has 0 saturated carbocycles. The molecule has 0 atom stereocenters. The van der Waals surface area contributed by atoms with Crippen LogP contribution in [0, 0.1) is 0 Å². The van der Waals surface area contributed by atoms with E-state index in [1.54, 1.807) is 0 Å². The Kier molecular flexibility index (Phi) is 5.24. The van der Waals surface area contributed by atoms with Crippen LogP contribution >= 0.6 is 0 Å². The third-order valence-electron chi connectivity index (χ3n) is 1.57. The maximum atomic E-state index is 11.5. The maximum absolute atomic E-state index is 11.5. The summed E-state index contributed by atoms with van der Waals surface area (Å²) in [6, 6.07) is 0. The van der Waals surface area contributed by atoms with Gasteiger partial charge in [0.2, 0.25) is 0 Å². The molecule has 0 saturated heterocycles. The number of hydrogen-bond donors (Lipinski definition) is 0. The first-order chi connectivity index (χ1) is 5.49. The van der Waals surface area contributed by atoms with Crippen molar-refractivity contribution in [3.8, 4) is 0 Å². The van der Waals surface area contributed by atoms with Gasteiger partial charge >= 0.3 is 6.36 Å². The van der Waals surface area contributed by atoms with Gasteiger partial charge in [0.05, 0.1) is 6.61 Å². The van der Waals surface area contributed by atoms with Gasteiger partial charge in [-0.05, 0) is 13.1 Å². The highest BCUT2D eigenvalue weighted by atomic mass is 19.4. The second-order valence-electron chi connectivity index (χ2n) is 2.32. The topological polar surface area (TPSA) is 12.5 Å². The fourth-order valence-electron chi connectivity index (χ4n) is 0.830. The first kappa shape index (κ1) is 11.7. The third kappa shape index (κ3) is 6.42. The molecule has 5 heteroatoms. The number of halogens is 3. The van der Waals surface area contributed by atoms with Gasteiger partial charge in [-0.1, -0.05) is 13.8 Å². The van der Waals surface area contributed by atoms with Gasteiger partial charge in [0.15, 0.2) is 0 Å². The van der Waals surface area contributed by atoms with Gasteiger partial charge in [0.25, 0.3) is 0 Å². The van der Waals surface area contributed by atoms with Crippen LogP contribution in [0.15, 0.2) is 0 Å². The van der Waals surface area contributed by atoms with Crippen LogP contribution in [0.5, 0.6) is 0 Å². The zero-order valence-electron chi connectivity index (χ0n) is 7.32. The van der Waals surface area contributed by atoms with Crippen molar-refractivity contribution < 1.29 is 17.9 Å². The zero-order valence-corrected chi connectivity index (χ0v) is 7.32. The van der Waals surface area contributed by atoms with E-state index in [1.165, 1.54) is 0 Å². The average Bonchev–Trinajstić information content (AvgIpc) is 1.96. The highest BCUT2D eigenvalue weighted by Gasteiger charge is 2.28. The fraction of sp³-hybridized carbons (Fsp3) is 1.00. The van der Waals surface area contributed by atoms with Gasteiger partial charge in [-0.2, -0.15) is 0 Å². The van der Waals surface area contributed by atoms with E-state index in [0.717, 1.165) is 13.1 Å². The molecule has 0 aliphatic heterocycles. The summed E-state index contributed by atoms with van der Waals surface area (Å²) in [5, 5.41) is 0. The molecule has 74 valence electrons. The fourth-order valence-corrected chi connectivity index (χ4v) is 0.830. The molecular weight excluding hydrogens is 171 g/mol. The van der Waals surface area contributed by atoms with E-state index in [2.05, 4.69) is 4.74 Å². The summed E-state index contributed by atoms with van der Waals surface area (Å²) in [5.41, 5.74) is 0. The molecule has 0 aliphatic rings. The van der Waals surface area contributed by atoms with Crippen molar-refractivity contribution in [1.82, 2.24) is 4.90 Å².